The van der Waals surface area contributed by atoms with Crippen LogP contribution in [0.2, 0.25) is 0 Å². The molecule has 0 aliphatic rings. The van der Waals surface area contributed by atoms with Gasteiger partial charge in [0.15, 0.2) is 0 Å². The minimum absolute atomic E-state index is 0.594. The third kappa shape index (κ3) is 0.872. The molecule has 0 N–H and O–H groups in total. The second kappa shape index (κ2) is 2.53. The largest absolute Gasteiger partial charge is 0.247 e. The minimum Gasteiger partial charge on any atom is -0.247 e. The van der Waals surface area contributed by atoms with Crippen LogP contribution in [0.3, 0.4) is 0 Å². The average molecular weight is 152 g/mol. The molecule has 0 aliphatic heterocycles. The third-order valence-electron chi connectivity index (χ3n) is 1.63. The molecule has 0 radical (unpaired) electrons. The molecule has 0 unspecified atom stereocenters. The van der Waals surface area contributed by atoms with Gasteiger partial charge in [0.1, 0.15) is 11.6 Å². The molecule has 0 spiro atoms. The number of fused-ring (bicyclic) bond motifs is 1. The Labute approximate surface area is 70.1 Å². The summed E-state index contributed by atoms with van der Waals surface area (Å²) >= 11 is 0. The van der Waals surface area contributed by atoms with E-state index in [9.17, 15) is 0 Å². The van der Waals surface area contributed by atoms with Gasteiger partial charge >= 0.3 is 0 Å². The molecular weight excluding hydrogens is 148 g/mol. The van der Waals surface area contributed by atoms with Crippen molar-refractivity contribution in [3.63, 3.8) is 0 Å². The first-order chi connectivity index (χ1) is 5.92. The highest BCUT2D eigenvalue weighted by Crippen LogP contribution is 2.11. The molecule has 0 saturated carbocycles. The van der Waals surface area contributed by atoms with Crippen LogP contribution in [-0.2, 0) is 0 Å². The van der Waals surface area contributed by atoms with E-state index in [-0.39, 0.29) is 0 Å². The molecule has 0 atom stereocenters. The van der Waals surface area contributed by atoms with Crippen LogP contribution in [-0.4, -0.2) is 4.98 Å². The highest BCUT2D eigenvalue weighted by atomic mass is 14.6. The predicted octanol–water partition coefficient (Wildman–Crippen LogP) is 1.71. The molecule has 2 aromatic rings. The van der Waals surface area contributed by atoms with Gasteiger partial charge in [0, 0.05) is 17.6 Å². The predicted molar refractivity (Wildman–Crippen MR) is 44.1 cm³/mol. The van der Waals surface area contributed by atoms with Crippen LogP contribution in [0.1, 0.15) is 5.56 Å². The van der Waals surface area contributed by atoms with Gasteiger partial charge in [-0.15, -0.1) is 0 Å². The van der Waals surface area contributed by atoms with E-state index in [1.165, 1.54) is 0 Å². The van der Waals surface area contributed by atoms with Gasteiger partial charge in [0.05, 0.1) is 5.56 Å². The summed E-state index contributed by atoms with van der Waals surface area (Å²) in [7, 11) is 0. The number of nitriles is 1. The van der Waals surface area contributed by atoms with E-state index in [1.807, 2.05) is 6.07 Å². The molecule has 54 valence electrons. The number of pyridine rings is 1. The highest BCUT2D eigenvalue weighted by Gasteiger charge is 1.96. The normalized spacial score (nSPS) is 8.92. The van der Waals surface area contributed by atoms with Gasteiger partial charge in [0.2, 0.25) is 0 Å². The molecule has 2 nitrogen and oxygen atoms in total. The van der Waals surface area contributed by atoms with Crippen molar-refractivity contribution in [2.75, 3.05) is 0 Å². The van der Waals surface area contributed by atoms with Crippen molar-refractivity contribution < 1.29 is 0 Å². The summed E-state index contributed by atoms with van der Waals surface area (Å²) in [5.74, 6) is 0. The molecule has 0 amide bonds. The number of rotatable bonds is 0. The molecule has 12 heavy (non-hydrogen) atoms. The first kappa shape index (κ1) is 6.64. The SMILES string of the molecule is N#Cc1cc#cc2ncccc12. The summed E-state index contributed by atoms with van der Waals surface area (Å²) in [4.78, 5) is 4.05. The van der Waals surface area contributed by atoms with Gasteiger partial charge in [-0.05, 0) is 18.2 Å². The van der Waals surface area contributed by atoms with E-state index >= 15 is 0 Å². The maximum Gasteiger partial charge on any atom is 0.122 e. The van der Waals surface area contributed by atoms with Crippen LogP contribution < -0.4 is 0 Å². The van der Waals surface area contributed by atoms with Gasteiger partial charge in [-0.3, -0.25) is 0 Å². The third-order valence-corrected chi connectivity index (χ3v) is 1.63. The van der Waals surface area contributed by atoms with E-state index in [0.717, 1.165) is 5.39 Å². The molecule has 2 rings (SSSR count). The average Bonchev–Trinajstić information content (AvgIpc) is 2.17. The van der Waals surface area contributed by atoms with Crippen LogP contribution in [0.15, 0.2) is 24.4 Å². The second-order valence-electron chi connectivity index (χ2n) is 2.34. The Morgan fingerprint density at radius 1 is 1.50 bits per heavy atom. The van der Waals surface area contributed by atoms with Crippen LogP contribution in [0.25, 0.3) is 10.9 Å². The Hall–Kier alpha value is -2.06. The summed E-state index contributed by atoms with van der Waals surface area (Å²) in [6.45, 7) is 0. The lowest BCUT2D eigenvalue weighted by molar-refractivity contribution is 1.41. The summed E-state index contributed by atoms with van der Waals surface area (Å²) in [5.41, 5.74) is 1.29. The van der Waals surface area contributed by atoms with Crippen molar-refractivity contribution >= 4 is 10.9 Å². The summed E-state index contributed by atoms with van der Waals surface area (Å²) in [5, 5.41) is 9.56. The molecule has 1 heterocycles. The van der Waals surface area contributed by atoms with E-state index < -0.39 is 0 Å². The first-order valence-electron chi connectivity index (χ1n) is 3.49. The van der Waals surface area contributed by atoms with E-state index in [4.69, 9.17) is 5.26 Å². The maximum absolute atomic E-state index is 8.72. The van der Waals surface area contributed by atoms with E-state index in [0.29, 0.717) is 11.1 Å². The van der Waals surface area contributed by atoms with Crippen molar-refractivity contribution in [2.24, 2.45) is 0 Å². The van der Waals surface area contributed by atoms with Gasteiger partial charge in [-0.25, -0.2) is 4.98 Å². The Kier molecular flexibility index (Phi) is 1.40. The fourth-order valence-corrected chi connectivity index (χ4v) is 1.07. The minimum atomic E-state index is 0.594. The fraction of sp³-hybridized carbons (Fsp3) is 0. The van der Waals surface area contributed by atoms with Crippen molar-refractivity contribution in [1.29, 1.82) is 5.26 Å². The van der Waals surface area contributed by atoms with Crippen molar-refractivity contribution in [3.05, 3.63) is 42.1 Å². The Balaban J connectivity index is 2.91. The Morgan fingerprint density at radius 3 is 3.25 bits per heavy atom. The lowest BCUT2D eigenvalue weighted by Crippen LogP contribution is -1.79. The molecule has 2 heteroatoms. The maximum atomic E-state index is 8.72. The topological polar surface area (TPSA) is 36.7 Å². The smallest absolute Gasteiger partial charge is 0.122 e. The standard InChI is InChI=1S/C10H4N2/c11-7-8-3-1-5-10-9(8)4-2-6-12-10/h2-4,6H. The van der Waals surface area contributed by atoms with Gasteiger partial charge in [-0.1, -0.05) is 6.07 Å². The quantitative estimate of drug-likeness (QED) is 0.576. The Bertz CT molecular complexity index is 449. The highest BCUT2D eigenvalue weighted by molar-refractivity contribution is 5.82. The molecule has 1 aromatic carbocycles. The van der Waals surface area contributed by atoms with Crippen molar-refractivity contribution in [2.45, 2.75) is 0 Å². The monoisotopic (exact) mass is 152 g/mol. The zero-order valence-corrected chi connectivity index (χ0v) is 6.20. The molecule has 0 bridgehead atoms. The van der Waals surface area contributed by atoms with Crippen molar-refractivity contribution in [1.82, 2.24) is 4.98 Å². The zero-order chi connectivity index (χ0) is 8.39. The fourth-order valence-electron chi connectivity index (χ4n) is 1.07. The number of hydrogen-bond donors (Lipinski definition) is 0. The number of nitrogens with zero attached hydrogens (tertiary/aromatic N) is 2. The van der Waals surface area contributed by atoms with Gasteiger partial charge < -0.3 is 0 Å². The second-order valence-corrected chi connectivity index (χ2v) is 2.34. The number of hydrogen-bond acceptors (Lipinski definition) is 2. The molecule has 1 aromatic heterocycles. The summed E-state index contributed by atoms with van der Waals surface area (Å²) in [6.07, 6.45) is 1.67. The first-order valence-corrected chi connectivity index (χ1v) is 3.49. The van der Waals surface area contributed by atoms with Crippen LogP contribution in [0, 0.1) is 23.5 Å². The van der Waals surface area contributed by atoms with Gasteiger partial charge in [-0.2, -0.15) is 5.26 Å². The molecular formula is C10H4N2. The van der Waals surface area contributed by atoms with Crippen molar-refractivity contribution in [3.8, 4) is 6.07 Å². The van der Waals surface area contributed by atoms with Gasteiger partial charge in [0.25, 0.3) is 0 Å². The van der Waals surface area contributed by atoms with Crippen LogP contribution >= 0.6 is 0 Å². The van der Waals surface area contributed by atoms with Crippen LogP contribution in [0.4, 0.5) is 0 Å². The summed E-state index contributed by atoms with van der Waals surface area (Å²) in [6, 6.07) is 12.9. The summed E-state index contributed by atoms with van der Waals surface area (Å²) < 4.78 is 0. The Morgan fingerprint density at radius 2 is 2.42 bits per heavy atom. The molecule has 0 aliphatic carbocycles. The van der Waals surface area contributed by atoms with Crippen LogP contribution in [0.5, 0.6) is 0 Å². The zero-order valence-electron chi connectivity index (χ0n) is 6.20. The van der Waals surface area contributed by atoms with E-state index in [2.05, 4.69) is 23.2 Å². The lowest BCUT2D eigenvalue weighted by atomic mass is 10.1. The molecule has 0 fully saturated rings. The van der Waals surface area contributed by atoms with E-state index in [1.54, 1.807) is 18.3 Å². The number of aromatic nitrogens is 1. The molecule has 0 saturated heterocycles. The lowest BCUT2D eigenvalue weighted by Gasteiger charge is -1.92.